The molecule has 0 spiro atoms. The van der Waals surface area contributed by atoms with Gasteiger partial charge in [-0.1, -0.05) is 12.1 Å². The largest absolute Gasteiger partial charge is 0.375 e. The molecule has 8 heteroatoms. The van der Waals surface area contributed by atoms with Crippen LogP contribution in [0.5, 0.6) is 0 Å². The Balaban J connectivity index is 0.00000280. The van der Waals surface area contributed by atoms with Crippen LogP contribution in [0.25, 0.3) is 0 Å². The third-order valence-electron chi connectivity index (χ3n) is 4.95. The van der Waals surface area contributed by atoms with Gasteiger partial charge in [-0.05, 0) is 36.6 Å². The molecule has 0 radical (unpaired) electrons. The number of ether oxygens (including phenoxy) is 1. The molecular formula is C20H29FIN5O. The molecule has 0 saturated carbocycles. The van der Waals surface area contributed by atoms with E-state index in [2.05, 4.69) is 28.4 Å². The van der Waals surface area contributed by atoms with Crippen LogP contribution in [0, 0.1) is 5.82 Å². The molecule has 1 aromatic heterocycles. The fraction of sp³-hybridized carbons (Fsp3) is 0.500. The van der Waals surface area contributed by atoms with Crippen LogP contribution in [0.15, 0.2) is 41.7 Å². The van der Waals surface area contributed by atoms with Gasteiger partial charge in [-0.25, -0.2) is 4.39 Å². The first-order chi connectivity index (χ1) is 13.1. The number of aliphatic imine (C=N–C) groups is 1. The van der Waals surface area contributed by atoms with Crippen LogP contribution < -0.4 is 5.32 Å². The number of nitrogens with one attached hydrogen (secondary N) is 1. The molecule has 1 aromatic carbocycles. The maximum atomic E-state index is 13.2. The van der Waals surface area contributed by atoms with Crippen molar-refractivity contribution in [2.75, 3.05) is 33.3 Å². The van der Waals surface area contributed by atoms with Crippen molar-refractivity contribution in [1.82, 2.24) is 20.0 Å². The second kappa shape index (κ2) is 10.8. The zero-order valence-electron chi connectivity index (χ0n) is 16.6. The first-order valence-electron chi connectivity index (χ1n) is 9.40. The van der Waals surface area contributed by atoms with Gasteiger partial charge in [-0.15, -0.1) is 24.0 Å². The SMILES string of the molecule is CCNC(=NCC(OC)c1ccc(F)cc1)N1CCC(c2cnn(C)c2)C1.I. The van der Waals surface area contributed by atoms with E-state index in [1.165, 1.54) is 17.7 Å². The molecule has 2 heterocycles. The highest BCUT2D eigenvalue weighted by Gasteiger charge is 2.27. The van der Waals surface area contributed by atoms with Crippen LogP contribution >= 0.6 is 24.0 Å². The van der Waals surface area contributed by atoms with Crippen molar-refractivity contribution >= 4 is 29.9 Å². The Hall–Kier alpha value is -1.68. The van der Waals surface area contributed by atoms with Crippen LogP contribution in [0.1, 0.15) is 36.5 Å². The van der Waals surface area contributed by atoms with Gasteiger partial charge in [-0.2, -0.15) is 5.10 Å². The Kier molecular flexibility index (Phi) is 8.68. The molecule has 0 amide bonds. The summed E-state index contributed by atoms with van der Waals surface area (Å²) >= 11 is 0. The predicted octanol–water partition coefficient (Wildman–Crippen LogP) is 3.32. The Bertz CT molecular complexity index is 764. The van der Waals surface area contributed by atoms with Gasteiger partial charge in [0.25, 0.3) is 0 Å². The summed E-state index contributed by atoms with van der Waals surface area (Å²) in [6.45, 7) is 5.24. The molecule has 1 N–H and O–H groups in total. The molecular weight excluding hydrogens is 472 g/mol. The van der Waals surface area contributed by atoms with Gasteiger partial charge >= 0.3 is 0 Å². The van der Waals surface area contributed by atoms with Crippen LogP contribution in [0.2, 0.25) is 0 Å². The molecule has 1 fully saturated rings. The van der Waals surface area contributed by atoms with Crippen LogP contribution in [0.3, 0.4) is 0 Å². The van der Waals surface area contributed by atoms with Crippen LogP contribution in [0.4, 0.5) is 4.39 Å². The maximum absolute atomic E-state index is 13.2. The van der Waals surface area contributed by atoms with Crippen LogP contribution in [-0.4, -0.2) is 53.9 Å². The highest BCUT2D eigenvalue weighted by Crippen LogP contribution is 2.27. The second-order valence-corrected chi connectivity index (χ2v) is 6.85. The van der Waals surface area contributed by atoms with Gasteiger partial charge in [0.1, 0.15) is 11.9 Å². The number of methoxy groups -OCH3 is 1. The lowest BCUT2D eigenvalue weighted by Crippen LogP contribution is -2.40. The molecule has 1 saturated heterocycles. The number of hydrogen-bond acceptors (Lipinski definition) is 3. The van der Waals surface area contributed by atoms with E-state index in [-0.39, 0.29) is 35.9 Å². The number of halogens is 2. The van der Waals surface area contributed by atoms with Crippen LogP contribution in [-0.2, 0) is 11.8 Å². The van der Waals surface area contributed by atoms with Crippen molar-refractivity contribution in [2.45, 2.75) is 25.4 Å². The summed E-state index contributed by atoms with van der Waals surface area (Å²) in [4.78, 5) is 7.08. The number of hydrogen-bond donors (Lipinski definition) is 1. The quantitative estimate of drug-likeness (QED) is 0.375. The highest BCUT2D eigenvalue weighted by atomic mass is 127. The summed E-state index contributed by atoms with van der Waals surface area (Å²) < 4.78 is 20.6. The number of aryl methyl sites for hydroxylation is 1. The number of aromatic nitrogens is 2. The summed E-state index contributed by atoms with van der Waals surface area (Å²) in [6.07, 6.45) is 4.93. The van der Waals surface area contributed by atoms with E-state index in [9.17, 15) is 4.39 Å². The topological polar surface area (TPSA) is 54.7 Å². The van der Waals surface area contributed by atoms with Gasteiger partial charge in [0.05, 0.1) is 12.7 Å². The molecule has 0 aliphatic carbocycles. The normalized spacial score (nSPS) is 18.1. The zero-order chi connectivity index (χ0) is 19.2. The Morgan fingerprint density at radius 1 is 1.39 bits per heavy atom. The molecule has 1 aliphatic rings. The molecule has 3 rings (SSSR count). The van der Waals surface area contributed by atoms with E-state index in [4.69, 9.17) is 9.73 Å². The minimum atomic E-state index is -0.246. The molecule has 0 bridgehead atoms. The van der Waals surface area contributed by atoms with Crippen molar-refractivity contribution in [3.63, 3.8) is 0 Å². The third-order valence-corrected chi connectivity index (χ3v) is 4.95. The van der Waals surface area contributed by atoms with Gasteiger partial charge in [-0.3, -0.25) is 9.67 Å². The summed E-state index contributed by atoms with van der Waals surface area (Å²) in [5.74, 6) is 1.12. The van der Waals surface area contributed by atoms with E-state index in [0.717, 1.165) is 37.6 Å². The van der Waals surface area contributed by atoms with Crippen molar-refractivity contribution in [3.05, 3.63) is 53.6 Å². The fourth-order valence-corrected chi connectivity index (χ4v) is 3.46. The van der Waals surface area contributed by atoms with Crippen molar-refractivity contribution < 1.29 is 9.13 Å². The lowest BCUT2D eigenvalue weighted by Gasteiger charge is -2.22. The average molecular weight is 501 g/mol. The maximum Gasteiger partial charge on any atom is 0.194 e. The average Bonchev–Trinajstić information content (AvgIpc) is 3.31. The molecule has 1 aliphatic heterocycles. The van der Waals surface area contributed by atoms with Crippen molar-refractivity contribution in [3.8, 4) is 0 Å². The van der Waals surface area contributed by atoms with Gasteiger partial charge in [0.15, 0.2) is 5.96 Å². The number of rotatable bonds is 6. The Labute approximate surface area is 183 Å². The summed E-state index contributed by atoms with van der Waals surface area (Å²) in [7, 11) is 3.60. The summed E-state index contributed by atoms with van der Waals surface area (Å²) in [6, 6.07) is 6.41. The molecule has 154 valence electrons. The Morgan fingerprint density at radius 2 is 2.14 bits per heavy atom. The Morgan fingerprint density at radius 3 is 2.75 bits per heavy atom. The van der Waals surface area contributed by atoms with E-state index < -0.39 is 0 Å². The first kappa shape index (κ1) is 22.6. The lowest BCUT2D eigenvalue weighted by atomic mass is 10.0. The monoisotopic (exact) mass is 501 g/mol. The number of likely N-dealkylation sites (tertiary alicyclic amines) is 1. The lowest BCUT2D eigenvalue weighted by molar-refractivity contribution is 0.110. The van der Waals surface area contributed by atoms with E-state index >= 15 is 0 Å². The van der Waals surface area contributed by atoms with Crippen molar-refractivity contribution in [1.29, 1.82) is 0 Å². The molecule has 2 unspecified atom stereocenters. The zero-order valence-corrected chi connectivity index (χ0v) is 19.0. The predicted molar refractivity (Wildman–Crippen MR) is 120 cm³/mol. The third kappa shape index (κ3) is 5.66. The smallest absolute Gasteiger partial charge is 0.194 e. The second-order valence-electron chi connectivity index (χ2n) is 6.85. The van der Waals surface area contributed by atoms with E-state index in [1.54, 1.807) is 19.2 Å². The summed E-state index contributed by atoms with van der Waals surface area (Å²) in [5, 5.41) is 7.67. The fourth-order valence-electron chi connectivity index (χ4n) is 3.46. The van der Waals surface area contributed by atoms with E-state index in [1.807, 2.05) is 17.9 Å². The minimum Gasteiger partial charge on any atom is -0.375 e. The van der Waals surface area contributed by atoms with E-state index in [0.29, 0.717) is 12.5 Å². The molecule has 28 heavy (non-hydrogen) atoms. The number of benzene rings is 1. The molecule has 6 nitrogen and oxygen atoms in total. The summed E-state index contributed by atoms with van der Waals surface area (Å²) in [5.41, 5.74) is 2.20. The molecule has 2 aromatic rings. The molecule has 2 atom stereocenters. The number of guanidine groups is 1. The van der Waals surface area contributed by atoms with Gasteiger partial charge in [0.2, 0.25) is 0 Å². The van der Waals surface area contributed by atoms with Crippen molar-refractivity contribution in [2.24, 2.45) is 12.0 Å². The first-order valence-corrected chi connectivity index (χ1v) is 9.40. The van der Waals surface area contributed by atoms with Gasteiger partial charge < -0.3 is 15.0 Å². The van der Waals surface area contributed by atoms with Gasteiger partial charge in [0, 0.05) is 45.9 Å². The minimum absolute atomic E-state index is 0. The highest BCUT2D eigenvalue weighted by molar-refractivity contribution is 14.0. The standard InChI is InChI=1S/C20H28FN5O.HI/c1-4-22-20(23-12-19(27-3)15-5-7-18(21)8-6-15)26-10-9-16(14-26)17-11-24-25(2)13-17;/h5-8,11,13,16,19H,4,9-10,12,14H2,1-3H3,(H,22,23);1H. The number of nitrogens with zero attached hydrogens (tertiary/aromatic N) is 4.